The van der Waals surface area contributed by atoms with Gasteiger partial charge in [-0.1, -0.05) is 23.7 Å². The Bertz CT molecular complexity index is 1200. The summed E-state index contributed by atoms with van der Waals surface area (Å²) in [4.78, 5) is 9.27. The SMILES string of the molecule is COc1ccc2c(c1)CCCC(c1ccc(Cl)c(F)c1)=C2c1cnc(O[C@H]2CCNC2)cn1.Cl. The van der Waals surface area contributed by atoms with Gasteiger partial charge in [-0.3, -0.25) is 0 Å². The van der Waals surface area contributed by atoms with Crippen LogP contribution in [0.3, 0.4) is 0 Å². The van der Waals surface area contributed by atoms with Gasteiger partial charge in [0.05, 0.1) is 30.2 Å². The molecule has 8 heteroatoms. The van der Waals surface area contributed by atoms with Gasteiger partial charge >= 0.3 is 0 Å². The van der Waals surface area contributed by atoms with E-state index in [0.717, 1.165) is 72.5 Å². The first kappa shape index (κ1) is 24.5. The molecule has 1 aromatic heterocycles. The number of allylic oxidation sites excluding steroid dienone is 1. The predicted molar refractivity (Wildman–Crippen MR) is 134 cm³/mol. The maximum atomic E-state index is 14.4. The van der Waals surface area contributed by atoms with Crippen LogP contribution in [0, 0.1) is 5.82 Å². The maximum absolute atomic E-state index is 14.4. The molecule has 3 aromatic rings. The van der Waals surface area contributed by atoms with Crippen LogP contribution < -0.4 is 14.8 Å². The third kappa shape index (κ3) is 5.04. The molecule has 0 unspecified atom stereocenters. The lowest BCUT2D eigenvalue weighted by Crippen LogP contribution is -2.20. The monoisotopic (exact) mass is 501 g/mol. The van der Waals surface area contributed by atoms with Gasteiger partial charge in [0, 0.05) is 12.1 Å². The number of halogens is 3. The predicted octanol–water partition coefficient (Wildman–Crippen LogP) is 5.74. The van der Waals surface area contributed by atoms with E-state index in [1.165, 1.54) is 11.6 Å². The number of ether oxygens (including phenoxy) is 2. The minimum Gasteiger partial charge on any atom is -0.497 e. The first-order valence-corrected chi connectivity index (χ1v) is 11.6. The molecular formula is C26H26Cl2FN3O2. The molecular weight excluding hydrogens is 476 g/mol. The molecule has 0 radical (unpaired) electrons. The number of hydrogen-bond acceptors (Lipinski definition) is 5. The number of benzene rings is 2. The Morgan fingerprint density at radius 3 is 2.68 bits per heavy atom. The molecule has 0 saturated carbocycles. The number of nitrogens with zero attached hydrogens (tertiary/aromatic N) is 2. The molecule has 5 nitrogen and oxygen atoms in total. The van der Waals surface area contributed by atoms with Crippen molar-refractivity contribution in [3.8, 4) is 11.6 Å². The van der Waals surface area contributed by atoms with Crippen molar-refractivity contribution >= 4 is 35.2 Å². The highest BCUT2D eigenvalue weighted by atomic mass is 35.5. The largest absolute Gasteiger partial charge is 0.497 e. The molecule has 1 aliphatic heterocycles. The van der Waals surface area contributed by atoms with Crippen molar-refractivity contribution in [3.05, 3.63) is 82.0 Å². The summed E-state index contributed by atoms with van der Waals surface area (Å²) < 4.78 is 25.8. The third-order valence-corrected chi connectivity index (χ3v) is 6.52. The van der Waals surface area contributed by atoms with E-state index in [2.05, 4.69) is 22.4 Å². The Labute approximate surface area is 209 Å². The van der Waals surface area contributed by atoms with Gasteiger partial charge in [-0.05, 0) is 78.8 Å². The number of aryl methyl sites for hydroxylation is 1. The molecule has 1 atom stereocenters. The van der Waals surface area contributed by atoms with E-state index in [1.807, 2.05) is 12.1 Å². The van der Waals surface area contributed by atoms with Crippen LogP contribution in [0.4, 0.5) is 4.39 Å². The zero-order valence-corrected chi connectivity index (χ0v) is 20.4. The molecule has 1 aliphatic carbocycles. The van der Waals surface area contributed by atoms with Gasteiger partial charge in [0.2, 0.25) is 5.88 Å². The Kier molecular flexibility index (Phi) is 7.71. The van der Waals surface area contributed by atoms with Gasteiger partial charge in [0.15, 0.2) is 0 Å². The minimum absolute atomic E-state index is 0. The third-order valence-electron chi connectivity index (χ3n) is 6.21. The van der Waals surface area contributed by atoms with E-state index in [4.69, 9.17) is 26.1 Å². The van der Waals surface area contributed by atoms with Crippen LogP contribution in [0.1, 0.15) is 41.6 Å². The van der Waals surface area contributed by atoms with Gasteiger partial charge in [0.1, 0.15) is 17.7 Å². The van der Waals surface area contributed by atoms with Crippen molar-refractivity contribution in [2.24, 2.45) is 0 Å². The van der Waals surface area contributed by atoms with Crippen molar-refractivity contribution in [1.82, 2.24) is 15.3 Å². The molecule has 2 aliphatic rings. The second-order valence-electron chi connectivity index (χ2n) is 8.33. The zero-order valence-electron chi connectivity index (χ0n) is 18.8. The van der Waals surface area contributed by atoms with Gasteiger partial charge in [-0.25, -0.2) is 14.4 Å². The van der Waals surface area contributed by atoms with Crippen LogP contribution in [-0.2, 0) is 6.42 Å². The molecule has 34 heavy (non-hydrogen) atoms. The molecule has 0 bridgehead atoms. The molecule has 178 valence electrons. The molecule has 1 saturated heterocycles. The molecule has 2 aromatic carbocycles. The van der Waals surface area contributed by atoms with Crippen molar-refractivity contribution < 1.29 is 13.9 Å². The van der Waals surface area contributed by atoms with Gasteiger partial charge < -0.3 is 14.8 Å². The van der Waals surface area contributed by atoms with E-state index in [0.29, 0.717) is 5.88 Å². The normalized spacial score (nSPS) is 17.6. The van der Waals surface area contributed by atoms with Crippen LogP contribution >= 0.6 is 24.0 Å². The number of methoxy groups -OCH3 is 1. The summed E-state index contributed by atoms with van der Waals surface area (Å²) in [5, 5.41) is 3.40. The van der Waals surface area contributed by atoms with E-state index in [-0.39, 0.29) is 23.5 Å². The maximum Gasteiger partial charge on any atom is 0.232 e. The fourth-order valence-electron chi connectivity index (χ4n) is 4.56. The van der Waals surface area contributed by atoms with Crippen LogP contribution in [-0.4, -0.2) is 36.3 Å². The van der Waals surface area contributed by atoms with E-state index < -0.39 is 5.82 Å². The van der Waals surface area contributed by atoms with E-state index in [9.17, 15) is 4.39 Å². The molecule has 1 N–H and O–H groups in total. The summed E-state index contributed by atoms with van der Waals surface area (Å²) in [5.74, 6) is 0.894. The van der Waals surface area contributed by atoms with E-state index in [1.54, 1.807) is 25.6 Å². The topological polar surface area (TPSA) is 56.3 Å². The van der Waals surface area contributed by atoms with Crippen molar-refractivity contribution in [2.75, 3.05) is 20.2 Å². The number of rotatable bonds is 5. The highest BCUT2D eigenvalue weighted by molar-refractivity contribution is 6.30. The fraction of sp³-hybridized carbons (Fsp3) is 0.308. The zero-order chi connectivity index (χ0) is 22.8. The number of fused-ring (bicyclic) bond motifs is 1. The molecule has 5 rings (SSSR count). The number of nitrogens with one attached hydrogen (secondary N) is 1. The molecule has 0 spiro atoms. The highest BCUT2D eigenvalue weighted by Crippen LogP contribution is 2.40. The number of hydrogen-bond donors (Lipinski definition) is 1. The Morgan fingerprint density at radius 1 is 1.09 bits per heavy atom. The van der Waals surface area contributed by atoms with Crippen LogP contribution in [0.15, 0.2) is 48.8 Å². The quantitative estimate of drug-likeness (QED) is 0.483. The summed E-state index contributed by atoms with van der Waals surface area (Å²) >= 11 is 5.96. The molecule has 0 amide bonds. The molecule has 1 fully saturated rings. The van der Waals surface area contributed by atoms with Crippen molar-refractivity contribution in [2.45, 2.75) is 31.8 Å². The summed E-state index contributed by atoms with van der Waals surface area (Å²) in [6, 6.07) is 11.0. The highest BCUT2D eigenvalue weighted by Gasteiger charge is 2.23. The smallest absolute Gasteiger partial charge is 0.232 e. The van der Waals surface area contributed by atoms with Crippen LogP contribution in [0.5, 0.6) is 11.6 Å². The number of aromatic nitrogens is 2. The second-order valence-corrected chi connectivity index (χ2v) is 8.74. The second kappa shape index (κ2) is 10.7. The fourth-order valence-corrected chi connectivity index (χ4v) is 4.68. The van der Waals surface area contributed by atoms with Gasteiger partial charge in [-0.2, -0.15) is 0 Å². The first-order valence-electron chi connectivity index (χ1n) is 11.2. The first-order chi connectivity index (χ1) is 16.1. The lowest BCUT2D eigenvalue weighted by Gasteiger charge is -2.17. The van der Waals surface area contributed by atoms with Gasteiger partial charge in [0.25, 0.3) is 0 Å². The van der Waals surface area contributed by atoms with Crippen LogP contribution in [0.2, 0.25) is 5.02 Å². The summed E-state index contributed by atoms with van der Waals surface area (Å²) in [5.41, 5.74) is 5.74. The van der Waals surface area contributed by atoms with Gasteiger partial charge in [-0.15, -0.1) is 12.4 Å². The van der Waals surface area contributed by atoms with Crippen LogP contribution in [0.25, 0.3) is 11.1 Å². The van der Waals surface area contributed by atoms with Crippen molar-refractivity contribution in [3.63, 3.8) is 0 Å². The average Bonchev–Trinajstić information content (AvgIpc) is 3.27. The Morgan fingerprint density at radius 2 is 1.97 bits per heavy atom. The van der Waals surface area contributed by atoms with E-state index >= 15 is 0 Å². The van der Waals surface area contributed by atoms with Crippen molar-refractivity contribution in [1.29, 1.82) is 0 Å². The lowest BCUT2D eigenvalue weighted by atomic mass is 9.90. The summed E-state index contributed by atoms with van der Waals surface area (Å²) in [6.45, 7) is 1.76. The minimum atomic E-state index is -0.430. The summed E-state index contributed by atoms with van der Waals surface area (Å²) in [6.07, 6.45) is 7.08. The summed E-state index contributed by atoms with van der Waals surface area (Å²) in [7, 11) is 1.67. The molecule has 2 heterocycles. The average molecular weight is 502 g/mol. The Hall–Kier alpha value is -2.67. The standard InChI is InChI=1S/C26H25ClFN3O2.ClH/c1-32-18-6-7-21-16(11-18)3-2-4-20(17-5-8-22(27)23(28)12-17)26(21)24-14-31-25(15-30-24)33-19-9-10-29-13-19;/h5-8,11-12,14-15,19,29H,2-4,9-10,13H2,1H3;1H/t19-;/m0./s1. The Balaban J connectivity index is 0.00000274. The lowest BCUT2D eigenvalue weighted by molar-refractivity contribution is 0.213.